The Balaban J connectivity index is 1.92. The summed E-state index contributed by atoms with van der Waals surface area (Å²) in [7, 11) is 5.14. The normalized spacial score (nSPS) is 46.9. The van der Waals surface area contributed by atoms with Crippen molar-refractivity contribution >= 4 is 23.9 Å². The maximum Gasteiger partial charge on any atom is 0.408 e. The second-order valence-corrected chi connectivity index (χ2v) is 17.4. The van der Waals surface area contributed by atoms with Gasteiger partial charge in [0.25, 0.3) is 0 Å². The summed E-state index contributed by atoms with van der Waals surface area (Å²) in [6.07, 6.45) is -10.1. The minimum Gasteiger partial charge on any atom is -0.458 e. The molecule has 0 spiro atoms. The highest BCUT2D eigenvalue weighted by Crippen LogP contribution is 2.43. The summed E-state index contributed by atoms with van der Waals surface area (Å²) in [5.74, 6) is -4.68. The number of aliphatic hydroxyl groups excluding tert-OH is 2. The van der Waals surface area contributed by atoms with Gasteiger partial charge in [-0.3, -0.25) is 9.59 Å². The number of likely N-dealkylation sites (N-methyl/N-ethyl adjacent to an activating group) is 1. The zero-order valence-corrected chi connectivity index (χ0v) is 35.3. The number of carbonyl (C=O) groups is 4. The molecule has 18 atom stereocenters. The van der Waals surface area contributed by atoms with E-state index in [4.69, 9.17) is 43.6 Å². The first-order chi connectivity index (χ1) is 25.9. The number of aliphatic hydroxyl groups is 2. The number of primary amides is 1. The molecule has 0 saturated carbocycles. The molecule has 2 amide bonds. The van der Waals surface area contributed by atoms with E-state index in [1.54, 1.807) is 62.3 Å². The van der Waals surface area contributed by atoms with Gasteiger partial charge in [0.05, 0.1) is 35.9 Å². The number of hydrogen-bond donors (Lipinski definition) is 4. The van der Waals surface area contributed by atoms with Crippen LogP contribution in [-0.2, 0) is 47.5 Å². The topological polar surface area (TPSA) is 224 Å². The fourth-order valence-electron chi connectivity index (χ4n) is 9.47. The summed E-state index contributed by atoms with van der Waals surface area (Å²) >= 11 is 0. The van der Waals surface area contributed by atoms with Crippen LogP contribution in [0.25, 0.3) is 0 Å². The molecule has 4 saturated heterocycles. The van der Waals surface area contributed by atoms with Crippen molar-refractivity contribution in [3.8, 4) is 0 Å². The van der Waals surface area contributed by atoms with E-state index >= 15 is 0 Å². The number of nitrogens with one attached hydrogen (secondary N) is 1. The van der Waals surface area contributed by atoms with Gasteiger partial charge in [-0.05, 0) is 74.9 Å². The van der Waals surface area contributed by atoms with Gasteiger partial charge in [-0.2, -0.15) is 0 Å². The molecule has 0 aromatic carbocycles. The van der Waals surface area contributed by atoms with Gasteiger partial charge in [0.15, 0.2) is 18.2 Å². The smallest absolute Gasteiger partial charge is 0.408 e. The van der Waals surface area contributed by atoms with E-state index in [1.807, 2.05) is 25.9 Å². The number of methoxy groups -OCH3 is 1. The summed E-state index contributed by atoms with van der Waals surface area (Å²) in [6.45, 7) is 17.0. The highest BCUT2D eigenvalue weighted by Gasteiger charge is 2.58. The van der Waals surface area contributed by atoms with Gasteiger partial charge in [0, 0.05) is 37.3 Å². The molecule has 0 aromatic rings. The molecule has 5 N–H and O–H groups in total. The van der Waals surface area contributed by atoms with Crippen LogP contribution in [-0.4, -0.2) is 144 Å². The lowest BCUT2D eigenvalue weighted by atomic mass is 9.73. The number of ketones is 1. The van der Waals surface area contributed by atoms with Crippen LogP contribution in [0.3, 0.4) is 0 Å². The molecule has 4 heterocycles. The van der Waals surface area contributed by atoms with Gasteiger partial charge in [-0.25, -0.2) is 9.59 Å². The lowest BCUT2D eigenvalue weighted by Crippen LogP contribution is -2.62. The average molecular weight is 802 g/mol. The Morgan fingerprint density at radius 3 is 2.18 bits per heavy atom. The Kier molecular flexibility index (Phi) is 14.5. The monoisotopic (exact) mass is 801 g/mol. The first-order valence-corrected chi connectivity index (χ1v) is 19.8. The minimum atomic E-state index is -1.71. The molecule has 0 aliphatic carbocycles. The SMILES string of the molecule is CC[C@H]1OC(=O)[C@H](C)[C@@H](O[C@H]2C[C@@](C)(OC)[C@@H](O)[C@H](C)O2)[C@H](C)[C@@H](O[C@@H]2O[C@H](C)C[C@H](N(C)C)[C@H]2O)[C@](C)(OC(N)=O)C[C@@H](C)C(=O)[C@H](C)[C@H]2NC(=O)O[C@@]21C. The molecule has 4 aliphatic heterocycles. The Hall–Kier alpha value is -2.64. The summed E-state index contributed by atoms with van der Waals surface area (Å²) in [4.78, 5) is 56.4. The molecular weight excluding hydrogens is 734 g/mol. The first kappa shape index (κ1) is 46.1. The number of nitrogens with two attached hydrogens (primary N) is 1. The van der Waals surface area contributed by atoms with E-state index in [0.717, 1.165) is 0 Å². The number of fused-ring (bicyclic) bond motifs is 1. The molecule has 0 unspecified atom stereocenters. The fraction of sp³-hybridized carbons (Fsp3) is 0.897. The van der Waals surface area contributed by atoms with Crippen LogP contribution in [0.15, 0.2) is 0 Å². The molecule has 322 valence electrons. The van der Waals surface area contributed by atoms with E-state index in [9.17, 15) is 29.4 Å². The zero-order valence-electron chi connectivity index (χ0n) is 35.3. The van der Waals surface area contributed by atoms with Crippen LogP contribution < -0.4 is 11.1 Å². The third-order valence-electron chi connectivity index (χ3n) is 12.8. The number of carbonyl (C=O) groups excluding carboxylic acids is 4. The summed E-state index contributed by atoms with van der Waals surface area (Å²) in [5, 5.41) is 25.4. The van der Waals surface area contributed by atoms with E-state index in [-0.39, 0.29) is 37.2 Å². The third kappa shape index (κ3) is 9.30. The minimum absolute atomic E-state index is 0.0649. The lowest BCUT2D eigenvalue weighted by Gasteiger charge is -2.49. The van der Waals surface area contributed by atoms with Gasteiger partial charge >= 0.3 is 18.2 Å². The molecule has 0 radical (unpaired) electrons. The second-order valence-electron chi connectivity index (χ2n) is 17.4. The Morgan fingerprint density at radius 2 is 1.61 bits per heavy atom. The van der Waals surface area contributed by atoms with Crippen molar-refractivity contribution in [1.29, 1.82) is 0 Å². The van der Waals surface area contributed by atoms with Crippen molar-refractivity contribution < 1.29 is 67.3 Å². The van der Waals surface area contributed by atoms with Gasteiger partial charge in [0.1, 0.15) is 35.8 Å². The molecule has 4 aliphatic rings. The molecule has 0 bridgehead atoms. The number of hydrogen-bond acceptors (Lipinski definition) is 15. The summed E-state index contributed by atoms with van der Waals surface area (Å²) in [6, 6.07) is -1.27. The zero-order chi connectivity index (χ0) is 42.2. The van der Waals surface area contributed by atoms with Gasteiger partial charge in [0.2, 0.25) is 0 Å². The lowest BCUT2D eigenvalue weighted by molar-refractivity contribution is -0.317. The van der Waals surface area contributed by atoms with E-state index in [1.165, 1.54) is 7.11 Å². The number of esters is 1. The summed E-state index contributed by atoms with van der Waals surface area (Å²) in [5.41, 5.74) is 1.52. The summed E-state index contributed by atoms with van der Waals surface area (Å²) < 4.78 is 49.6. The first-order valence-electron chi connectivity index (χ1n) is 19.8. The Labute approximate surface area is 330 Å². The fourth-order valence-corrected chi connectivity index (χ4v) is 9.47. The molecule has 4 fully saturated rings. The quantitative estimate of drug-likeness (QED) is 0.205. The standard InChI is InChI=1S/C39H67N3O14/c1-14-25-39(10)30(41-36(48)56-39)20(4)27(43)18(2)16-38(9,55-35(40)47)32(54-34-28(44)24(42(11)12)15-19(3)50-34)21(5)29(22(6)33(46)52-25)53-26-17-37(8,49-13)31(45)23(7)51-26/h18-26,28-32,34,44-45H,14-17H2,1-13H3,(H2,40,47)(H,41,48)/t18-,19-,20+,21+,22-,23+,24+,25-,26+,28-,29+,30-,31+,32-,34+,37-,38-,39-/m1/s1. The van der Waals surface area contributed by atoms with Crippen LogP contribution in [0, 0.1) is 23.7 Å². The maximum atomic E-state index is 14.5. The highest BCUT2D eigenvalue weighted by molar-refractivity contribution is 5.85. The van der Waals surface area contributed by atoms with Crippen LogP contribution in [0.4, 0.5) is 9.59 Å². The van der Waals surface area contributed by atoms with Crippen molar-refractivity contribution in [2.75, 3.05) is 21.2 Å². The number of ether oxygens (including phenoxy) is 8. The van der Waals surface area contributed by atoms with Crippen LogP contribution >= 0.6 is 0 Å². The van der Waals surface area contributed by atoms with Crippen LogP contribution in [0.5, 0.6) is 0 Å². The highest BCUT2D eigenvalue weighted by atomic mass is 16.7. The van der Waals surface area contributed by atoms with Crippen molar-refractivity contribution in [3.63, 3.8) is 0 Å². The van der Waals surface area contributed by atoms with Gasteiger partial charge in [-0.1, -0.05) is 27.7 Å². The van der Waals surface area contributed by atoms with Crippen molar-refractivity contribution in [1.82, 2.24) is 10.2 Å². The number of nitrogens with zero attached hydrogens (tertiary/aromatic N) is 1. The predicted octanol–water partition coefficient (Wildman–Crippen LogP) is 2.64. The van der Waals surface area contributed by atoms with Crippen molar-refractivity contribution in [2.24, 2.45) is 29.4 Å². The Morgan fingerprint density at radius 1 is 0.964 bits per heavy atom. The number of alkyl carbamates (subject to hydrolysis) is 1. The molecule has 56 heavy (non-hydrogen) atoms. The molecule has 4 rings (SSSR count). The van der Waals surface area contributed by atoms with Gasteiger partial charge < -0.3 is 64.1 Å². The van der Waals surface area contributed by atoms with Gasteiger partial charge in [-0.15, -0.1) is 0 Å². The molecule has 17 nitrogen and oxygen atoms in total. The molecule has 0 aromatic heterocycles. The van der Waals surface area contributed by atoms with Crippen molar-refractivity contribution in [3.05, 3.63) is 0 Å². The molecule has 17 heteroatoms. The second kappa shape index (κ2) is 17.7. The number of rotatable bonds is 8. The number of cyclic esters (lactones) is 1. The van der Waals surface area contributed by atoms with Crippen LogP contribution in [0.2, 0.25) is 0 Å². The largest absolute Gasteiger partial charge is 0.458 e. The average Bonchev–Trinajstić information content (AvgIpc) is 3.43. The van der Waals surface area contributed by atoms with E-state index < -0.39 is 114 Å². The predicted molar refractivity (Wildman–Crippen MR) is 200 cm³/mol. The van der Waals surface area contributed by atoms with Crippen LogP contribution in [0.1, 0.15) is 94.9 Å². The number of amides is 2. The van der Waals surface area contributed by atoms with E-state index in [2.05, 4.69) is 5.32 Å². The third-order valence-corrected chi connectivity index (χ3v) is 12.8. The Bertz CT molecular complexity index is 1420. The number of Topliss-reactive ketones (excluding diaryl/α,β-unsaturated/α-hetero) is 1. The maximum absolute atomic E-state index is 14.5. The molecular formula is C39H67N3O14. The van der Waals surface area contributed by atoms with Crippen molar-refractivity contribution in [2.45, 2.75) is 179 Å². The van der Waals surface area contributed by atoms with E-state index in [0.29, 0.717) is 6.42 Å².